The molecule has 5 rings (SSSR count). The SMILES string of the molecule is Cc1oc(-c2ccccc2)nc1CCOc1cccc(C2CN(c3nccc(C(F)(F)F)n3)CCC2C(=O)O)c1. The fourth-order valence-corrected chi connectivity index (χ4v) is 4.89. The van der Waals surface area contributed by atoms with Crippen molar-refractivity contribution < 1.29 is 32.2 Å². The molecule has 11 heteroatoms. The van der Waals surface area contributed by atoms with E-state index in [1.807, 2.05) is 37.3 Å². The molecule has 208 valence electrons. The number of nitrogens with zero attached hydrogens (tertiary/aromatic N) is 4. The van der Waals surface area contributed by atoms with Crippen molar-refractivity contribution in [3.05, 3.63) is 89.6 Å². The molecule has 2 aromatic heterocycles. The summed E-state index contributed by atoms with van der Waals surface area (Å²) < 4.78 is 51.4. The lowest BCUT2D eigenvalue weighted by Gasteiger charge is -2.37. The van der Waals surface area contributed by atoms with Gasteiger partial charge in [-0.15, -0.1) is 0 Å². The average Bonchev–Trinajstić information content (AvgIpc) is 3.33. The molecule has 1 saturated heterocycles. The second kappa shape index (κ2) is 11.4. The molecule has 0 radical (unpaired) electrons. The number of alkyl halides is 3. The van der Waals surface area contributed by atoms with Crippen molar-refractivity contribution in [2.75, 3.05) is 24.6 Å². The van der Waals surface area contributed by atoms with Gasteiger partial charge in [0.2, 0.25) is 11.8 Å². The Hall–Kier alpha value is -4.41. The lowest BCUT2D eigenvalue weighted by Crippen LogP contribution is -2.43. The first-order valence-corrected chi connectivity index (χ1v) is 12.8. The number of carbonyl (C=O) groups is 1. The largest absolute Gasteiger partial charge is 0.493 e. The van der Waals surface area contributed by atoms with Gasteiger partial charge in [-0.25, -0.2) is 15.0 Å². The molecular formula is C29H27F3N4O4. The van der Waals surface area contributed by atoms with Gasteiger partial charge < -0.3 is 19.2 Å². The molecule has 2 atom stereocenters. The fraction of sp³-hybridized carbons (Fsp3) is 0.310. The minimum Gasteiger partial charge on any atom is -0.493 e. The van der Waals surface area contributed by atoms with E-state index in [4.69, 9.17) is 9.15 Å². The number of anilines is 1. The van der Waals surface area contributed by atoms with Crippen LogP contribution in [-0.4, -0.2) is 45.7 Å². The van der Waals surface area contributed by atoms with Crippen molar-refractivity contribution in [1.82, 2.24) is 15.0 Å². The number of piperidine rings is 1. The van der Waals surface area contributed by atoms with Crippen LogP contribution in [-0.2, 0) is 17.4 Å². The zero-order chi connectivity index (χ0) is 28.3. The van der Waals surface area contributed by atoms with Gasteiger partial charge in [-0.3, -0.25) is 4.79 Å². The molecule has 0 spiro atoms. The highest BCUT2D eigenvalue weighted by Gasteiger charge is 2.38. The molecule has 2 unspecified atom stereocenters. The highest BCUT2D eigenvalue weighted by Crippen LogP contribution is 2.36. The molecule has 1 aliphatic heterocycles. The summed E-state index contributed by atoms with van der Waals surface area (Å²) in [4.78, 5) is 26.0. The standard InChI is InChI=1S/C29H27F3N4O4/c1-18-24(34-26(40-18)19-6-3-2-4-7-19)12-15-39-21-9-5-8-20(16-21)23-17-36(14-11-22(23)27(37)38)28-33-13-10-25(35-28)29(30,31)32/h2-10,13,16,22-23H,11-12,14-15,17H2,1H3,(H,37,38). The molecule has 8 nitrogen and oxygen atoms in total. The molecule has 0 aliphatic carbocycles. The quantitative estimate of drug-likeness (QED) is 0.294. The molecule has 2 aromatic carbocycles. The minimum absolute atomic E-state index is 0.0751. The number of halogens is 3. The summed E-state index contributed by atoms with van der Waals surface area (Å²) in [6.45, 7) is 2.56. The Morgan fingerprint density at radius 3 is 2.67 bits per heavy atom. The maximum atomic E-state index is 13.2. The number of rotatable bonds is 8. The third kappa shape index (κ3) is 6.08. The summed E-state index contributed by atoms with van der Waals surface area (Å²) in [6.07, 6.45) is -2.79. The van der Waals surface area contributed by atoms with Gasteiger partial charge in [0.05, 0.1) is 18.2 Å². The Balaban J connectivity index is 1.29. The summed E-state index contributed by atoms with van der Waals surface area (Å²) in [6, 6.07) is 17.5. The van der Waals surface area contributed by atoms with Crippen molar-refractivity contribution in [2.24, 2.45) is 5.92 Å². The maximum Gasteiger partial charge on any atom is 0.433 e. The van der Waals surface area contributed by atoms with Gasteiger partial charge in [0.1, 0.15) is 17.2 Å². The van der Waals surface area contributed by atoms with E-state index in [1.54, 1.807) is 29.2 Å². The predicted molar refractivity (Wildman–Crippen MR) is 140 cm³/mol. The second-order valence-corrected chi connectivity index (χ2v) is 9.58. The van der Waals surface area contributed by atoms with Crippen LogP contribution in [0.1, 0.15) is 35.1 Å². The minimum atomic E-state index is -4.60. The lowest BCUT2D eigenvalue weighted by molar-refractivity contribution is -0.143. The van der Waals surface area contributed by atoms with E-state index in [0.717, 1.165) is 23.5 Å². The number of aryl methyl sites for hydroxylation is 1. The zero-order valence-electron chi connectivity index (χ0n) is 21.6. The maximum absolute atomic E-state index is 13.2. The van der Waals surface area contributed by atoms with Gasteiger partial charge in [0.15, 0.2) is 0 Å². The molecule has 0 bridgehead atoms. The number of oxazole rings is 1. The van der Waals surface area contributed by atoms with Crippen molar-refractivity contribution >= 4 is 11.9 Å². The number of hydrogen-bond acceptors (Lipinski definition) is 7. The van der Waals surface area contributed by atoms with Crippen LogP contribution in [0.25, 0.3) is 11.5 Å². The predicted octanol–water partition coefficient (Wildman–Crippen LogP) is 5.78. The monoisotopic (exact) mass is 552 g/mol. The molecular weight excluding hydrogens is 525 g/mol. The van der Waals surface area contributed by atoms with E-state index in [1.165, 1.54) is 0 Å². The number of benzene rings is 2. The van der Waals surface area contributed by atoms with Gasteiger partial charge >= 0.3 is 12.1 Å². The smallest absolute Gasteiger partial charge is 0.433 e. The summed E-state index contributed by atoms with van der Waals surface area (Å²) in [5, 5.41) is 9.88. The van der Waals surface area contributed by atoms with Crippen LogP contribution >= 0.6 is 0 Å². The van der Waals surface area contributed by atoms with E-state index < -0.39 is 29.7 Å². The van der Waals surface area contributed by atoms with E-state index in [9.17, 15) is 23.1 Å². The zero-order valence-corrected chi connectivity index (χ0v) is 21.6. The second-order valence-electron chi connectivity index (χ2n) is 9.58. The molecule has 1 aliphatic rings. The number of carboxylic acids is 1. The Morgan fingerprint density at radius 1 is 1.12 bits per heavy atom. The van der Waals surface area contributed by atoms with E-state index in [-0.39, 0.29) is 25.5 Å². The van der Waals surface area contributed by atoms with Crippen molar-refractivity contribution in [2.45, 2.75) is 31.9 Å². The first kappa shape index (κ1) is 27.2. The molecule has 3 heterocycles. The Bertz CT molecular complexity index is 1480. The highest BCUT2D eigenvalue weighted by atomic mass is 19.4. The number of ether oxygens (including phenoxy) is 1. The first-order chi connectivity index (χ1) is 19.2. The van der Waals surface area contributed by atoms with Crippen LogP contribution in [0, 0.1) is 12.8 Å². The number of aliphatic carboxylic acids is 1. The van der Waals surface area contributed by atoms with Crippen LogP contribution in [0.3, 0.4) is 0 Å². The van der Waals surface area contributed by atoms with Crippen molar-refractivity contribution in [1.29, 1.82) is 0 Å². The normalized spacial score (nSPS) is 17.6. The Labute approximate surface area is 228 Å². The fourth-order valence-electron chi connectivity index (χ4n) is 4.89. The Kier molecular flexibility index (Phi) is 7.72. The van der Waals surface area contributed by atoms with E-state index >= 15 is 0 Å². The van der Waals surface area contributed by atoms with E-state index in [2.05, 4.69) is 15.0 Å². The Morgan fingerprint density at radius 2 is 1.93 bits per heavy atom. The van der Waals surface area contributed by atoms with Crippen LogP contribution in [0.15, 0.2) is 71.3 Å². The third-order valence-electron chi connectivity index (χ3n) is 6.95. The topological polar surface area (TPSA) is 102 Å². The van der Waals surface area contributed by atoms with Gasteiger partial charge in [0, 0.05) is 37.2 Å². The van der Waals surface area contributed by atoms with Crippen LogP contribution < -0.4 is 9.64 Å². The molecule has 1 fully saturated rings. The molecule has 1 N–H and O–H groups in total. The molecule has 0 saturated carbocycles. The summed E-state index contributed by atoms with van der Waals surface area (Å²) >= 11 is 0. The van der Waals surface area contributed by atoms with E-state index in [0.29, 0.717) is 36.0 Å². The average molecular weight is 553 g/mol. The summed E-state index contributed by atoms with van der Waals surface area (Å²) in [7, 11) is 0. The van der Waals surface area contributed by atoms with Gasteiger partial charge in [-0.1, -0.05) is 30.3 Å². The molecule has 40 heavy (non-hydrogen) atoms. The van der Waals surface area contributed by atoms with Crippen LogP contribution in [0.2, 0.25) is 0 Å². The highest BCUT2D eigenvalue weighted by molar-refractivity contribution is 5.72. The summed E-state index contributed by atoms with van der Waals surface area (Å²) in [5.41, 5.74) is 1.34. The summed E-state index contributed by atoms with van der Waals surface area (Å²) in [5.74, 6) is -0.448. The molecule has 4 aromatic rings. The van der Waals surface area contributed by atoms with Gasteiger partial charge in [0.25, 0.3) is 0 Å². The first-order valence-electron chi connectivity index (χ1n) is 12.8. The number of carboxylic acid groups (broad SMARTS) is 1. The van der Waals surface area contributed by atoms with Crippen molar-refractivity contribution in [3.8, 4) is 17.2 Å². The number of hydrogen-bond donors (Lipinski definition) is 1. The van der Waals surface area contributed by atoms with Gasteiger partial charge in [-0.2, -0.15) is 13.2 Å². The third-order valence-corrected chi connectivity index (χ3v) is 6.95. The number of aromatic nitrogens is 3. The molecule has 0 amide bonds. The van der Waals surface area contributed by atoms with Crippen LogP contribution in [0.5, 0.6) is 5.75 Å². The lowest BCUT2D eigenvalue weighted by atomic mass is 9.80. The van der Waals surface area contributed by atoms with Gasteiger partial charge in [-0.05, 0) is 49.2 Å². The van der Waals surface area contributed by atoms with Crippen LogP contribution in [0.4, 0.5) is 19.1 Å². The van der Waals surface area contributed by atoms with Crippen molar-refractivity contribution in [3.63, 3.8) is 0 Å².